The van der Waals surface area contributed by atoms with Crippen LogP contribution in [0.25, 0.3) is 0 Å². The minimum atomic E-state index is -1.19. The van der Waals surface area contributed by atoms with Crippen LogP contribution in [0, 0.1) is 5.92 Å². The molecule has 5 nitrogen and oxygen atoms in total. The minimum absolute atomic E-state index is 0.150. The molecule has 0 amide bonds. The van der Waals surface area contributed by atoms with E-state index in [2.05, 4.69) is 30.6 Å². The van der Waals surface area contributed by atoms with Crippen molar-refractivity contribution in [3.8, 4) is 0 Å². The molecule has 1 aromatic rings. The highest BCUT2D eigenvalue weighted by Crippen LogP contribution is 2.38. The van der Waals surface area contributed by atoms with Crippen LogP contribution >= 0.6 is 15.9 Å². The predicted octanol–water partition coefficient (Wildman–Crippen LogP) is 2.10. The zero-order valence-corrected chi connectivity index (χ0v) is 14.2. The Hall–Kier alpha value is -0.210. The van der Waals surface area contributed by atoms with Crippen LogP contribution in [0.3, 0.4) is 0 Å². The molecule has 0 saturated heterocycles. The molecular weight excluding hydrogens is 342 g/mol. The molecule has 0 spiro atoms. The minimum Gasteiger partial charge on any atom is -0.598 e. The lowest BCUT2D eigenvalue weighted by Gasteiger charge is -2.38. The van der Waals surface area contributed by atoms with Gasteiger partial charge in [0.2, 0.25) is 0 Å². The van der Waals surface area contributed by atoms with Gasteiger partial charge in [-0.05, 0) is 55.5 Å². The Balaban J connectivity index is 2.17. The molecular formula is C13H20BrN3O2S. The molecule has 1 heterocycles. The first-order valence-corrected chi connectivity index (χ1v) is 8.55. The van der Waals surface area contributed by atoms with Crippen LogP contribution < -0.4 is 4.72 Å². The Labute approximate surface area is 131 Å². The van der Waals surface area contributed by atoms with Crippen LogP contribution in [0.15, 0.2) is 17.0 Å². The molecule has 1 aliphatic carbocycles. The average molecular weight is 362 g/mol. The number of halogens is 1. The van der Waals surface area contributed by atoms with Crippen molar-refractivity contribution in [2.24, 2.45) is 5.92 Å². The smallest absolute Gasteiger partial charge is 0.136 e. The second-order valence-electron chi connectivity index (χ2n) is 6.13. The highest BCUT2D eigenvalue weighted by atomic mass is 79.9. The van der Waals surface area contributed by atoms with Gasteiger partial charge in [0.15, 0.2) is 0 Å². The average Bonchev–Trinajstić information content (AvgIpc) is 2.31. The Bertz CT molecular complexity index is 463. The topological polar surface area (TPSA) is 81.1 Å². The molecule has 2 atom stereocenters. The fourth-order valence-corrected chi connectivity index (χ4v) is 3.32. The van der Waals surface area contributed by atoms with Crippen molar-refractivity contribution < 1.29 is 9.66 Å². The zero-order chi connectivity index (χ0) is 14.9. The van der Waals surface area contributed by atoms with Gasteiger partial charge in [-0.25, -0.2) is 4.98 Å². The molecule has 1 aliphatic rings. The summed E-state index contributed by atoms with van der Waals surface area (Å²) in [7, 11) is 0. The summed E-state index contributed by atoms with van der Waals surface area (Å²) in [6.07, 6.45) is 4.46. The molecule has 0 aromatic carbocycles. The lowest BCUT2D eigenvalue weighted by molar-refractivity contribution is 0.0272. The molecule has 2 rings (SSSR count). The summed E-state index contributed by atoms with van der Waals surface area (Å²) >= 11 is 2.12. The first kappa shape index (κ1) is 16.2. The van der Waals surface area contributed by atoms with Gasteiger partial charge in [0.05, 0.1) is 30.2 Å². The number of rotatable bonds is 4. The molecule has 1 saturated carbocycles. The molecule has 20 heavy (non-hydrogen) atoms. The second kappa shape index (κ2) is 6.27. The number of aromatic nitrogens is 2. The van der Waals surface area contributed by atoms with Crippen molar-refractivity contribution in [1.82, 2.24) is 14.7 Å². The number of aliphatic hydroxyl groups is 1. The van der Waals surface area contributed by atoms with Crippen molar-refractivity contribution in [2.75, 3.05) is 0 Å². The van der Waals surface area contributed by atoms with Crippen molar-refractivity contribution in [3.63, 3.8) is 0 Å². The van der Waals surface area contributed by atoms with Gasteiger partial charge in [-0.15, -0.1) is 4.72 Å². The monoisotopic (exact) mass is 361 g/mol. The fourth-order valence-electron chi connectivity index (χ4n) is 2.10. The molecule has 1 fully saturated rings. The van der Waals surface area contributed by atoms with Gasteiger partial charge in [0, 0.05) is 11.4 Å². The van der Waals surface area contributed by atoms with Crippen molar-refractivity contribution in [2.45, 2.75) is 50.5 Å². The number of nitrogens with zero attached hydrogens (tertiary/aromatic N) is 2. The van der Waals surface area contributed by atoms with Gasteiger partial charge in [0.1, 0.15) is 9.35 Å². The molecule has 0 unspecified atom stereocenters. The molecule has 0 radical (unpaired) electrons. The summed E-state index contributed by atoms with van der Waals surface area (Å²) in [6, 6.07) is -0.150. The SMILES string of the molecule is CC(C)(C)[S@@+]([O-])N[C@H](c1cncc(Br)n1)C1CC(O)C1. The Kier molecular flexibility index (Phi) is 5.07. The summed E-state index contributed by atoms with van der Waals surface area (Å²) in [4.78, 5) is 8.54. The Morgan fingerprint density at radius 2 is 2.10 bits per heavy atom. The highest BCUT2D eigenvalue weighted by Gasteiger charge is 2.40. The molecule has 1 aromatic heterocycles. The Morgan fingerprint density at radius 3 is 2.60 bits per heavy atom. The number of nitrogens with one attached hydrogen (secondary N) is 1. The Morgan fingerprint density at radius 1 is 1.45 bits per heavy atom. The van der Waals surface area contributed by atoms with E-state index in [1.54, 1.807) is 12.4 Å². The maximum absolute atomic E-state index is 12.3. The summed E-state index contributed by atoms with van der Waals surface area (Å²) < 4.78 is 15.8. The standard InChI is InChI=1S/C13H20BrN3O2S/c1-13(2,3)20(19)17-12(8-4-9(18)5-8)10-6-15-7-11(14)16-10/h6-9,12,17-18H,4-5H2,1-3H3/t8?,9?,12-,20+/m0/s1. The molecule has 7 heteroatoms. The maximum Gasteiger partial charge on any atom is 0.136 e. The number of hydrogen-bond acceptors (Lipinski definition) is 5. The molecule has 0 bridgehead atoms. The summed E-state index contributed by atoms with van der Waals surface area (Å²) in [5.41, 5.74) is 0.758. The van der Waals surface area contributed by atoms with E-state index < -0.39 is 11.4 Å². The quantitative estimate of drug-likeness (QED) is 0.802. The van der Waals surface area contributed by atoms with Crippen LogP contribution in [-0.4, -0.2) is 30.5 Å². The second-order valence-corrected chi connectivity index (χ2v) is 8.94. The lowest BCUT2D eigenvalue weighted by Crippen LogP contribution is -2.47. The molecule has 2 N–H and O–H groups in total. The van der Waals surface area contributed by atoms with Gasteiger partial charge in [0.25, 0.3) is 0 Å². The van der Waals surface area contributed by atoms with E-state index in [1.807, 2.05) is 20.8 Å². The number of hydrogen-bond donors (Lipinski definition) is 2. The van der Waals surface area contributed by atoms with Crippen molar-refractivity contribution in [3.05, 3.63) is 22.7 Å². The van der Waals surface area contributed by atoms with Gasteiger partial charge in [-0.2, -0.15) is 0 Å². The van der Waals surface area contributed by atoms with Crippen LogP contribution in [0.4, 0.5) is 0 Å². The van der Waals surface area contributed by atoms with Crippen molar-refractivity contribution in [1.29, 1.82) is 0 Å². The van der Waals surface area contributed by atoms with Crippen LogP contribution in [0.5, 0.6) is 0 Å². The summed E-state index contributed by atoms with van der Waals surface area (Å²) in [5.74, 6) is 0.236. The first-order valence-electron chi connectivity index (χ1n) is 6.61. The first-order chi connectivity index (χ1) is 9.27. The highest BCUT2D eigenvalue weighted by molar-refractivity contribution is 9.10. The van der Waals surface area contributed by atoms with Gasteiger partial charge < -0.3 is 9.66 Å². The van der Waals surface area contributed by atoms with E-state index in [4.69, 9.17) is 0 Å². The third-order valence-corrected chi connectivity index (χ3v) is 5.32. The fraction of sp³-hybridized carbons (Fsp3) is 0.692. The van der Waals surface area contributed by atoms with Crippen LogP contribution in [0.2, 0.25) is 0 Å². The largest absolute Gasteiger partial charge is 0.598 e. The normalized spacial score (nSPS) is 25.9. The van der Waals surface area contributed by atoms with Gasteiger partial charge in [-0.1, -0.05) is 0 Å². The summed E-state index contributed by atoms with van der Waals surface area (Å²) in [6.45, 7) is 5.78. The van der Waals surface area contributed by atoms with Gasteiger partial charge in [-0.3, -0.25) is 4.98 Å². The van der Waals surface area contributed by atoms with E-state index >= 15 is 0 Å². The van der Waals surface area contributed by atoms with Gasteiger partial charge >= 0.3 is 0 Å². The number of aliphatic hydroxyl groups excluding tert-OH is 1. The van der Waals surface area contributed by atoms with E-state index in [1.165, 1.54) is 0 Å². The zero-order valence-electron chi connectivity index (χ0n) is 11.8. The third-order valence-electron chi connectivity index (χ3n) is 3.35. The lowest BCUT2D eigenvalue weighted by atomic mass is 9.77. The van der Waals surface area contributed by atoms with Crippen LogP contribution in [-0.2, 0) is 11.4 Å². The van der Waals surface area contributed by atoms with Crippen LogP contribution in [0.1, 0.15) is 45.3 Å². The van der Waals surface area contributed by atoms with E-state index in [9.17, 15) is 9.66 Å². The molecule has 0 aliphatic heterocycles. The van der Waals surface area contributed by atoms with E-state index in [0.29, 0.717) is 17.4 Å². The predicted molar refractivity (Wildman–Crippen MR) is 82.2 cm³/mol. The van der Waals surface area contributed by atoms with Crippen molar-refractivity contribution >= 4 is 27.3 Å². The maximum atomic E-state index is 12.3. The third kappa shape index (κ3) is 3.92. The van der Waals surface area contributed by atoms with E-state index in [-0.39, 0.29) is 22.8 Å². The summed E-state index contributed by atoms with van der Waals surface area (Å²) in [5, 5.41) is 9.51. The molecule has 112 valence electrons. The van der Waals surface area contributed by atoms with E-state index in [0.717, 1.165) is 5.69 Å².